The fourth-order valence-corrected chi connectivity index (χ4v) is 4.08. The molecule has 2 atom stereocenters. The third-order valence-electron chi connectivity index (χ3n) is 5.29. The summed E-state index contributed by atoms with van der Waals surface area (Å²) in [4.78, 5) is 27.3. The summed E-state index contributed by atoms with van der Waals surface area (Å²) in [5, 5.41) is 17.9. The fourth-order valence-electron chi connectivity index (χ4n) is 3.89. The number of hydrogen-bond acceptors (Lipinski definition) is 6. The summed E-state index contributed by atoms with van der Waals surface area (Å²) in [6.07, 6.45) is 4.83. The van der Waals surface area contributed by atoms with Crippen molar-refractivity contribution in [1.29, 1.82) is 0 Å². The predicted octanol–water partition coefficient (Wildman–Crippen LogP) is 0.675. The number of aromatic nitrogens is 4. The lowest BCUT2D eigenvalue weighted by Gasteiger charge is -2.26. The minimum atomic E-state index is -0.425. The fraction of sp³-hybridized carbons (Fsp3) is 0.500. The number of likely N-dealkylation sites (tertiary alicyclic amines) is 1. The van der Waals surface area contributed by atoms with Gasteiger partial charge in [0.05, 0.1) is 11.7 Å². The average molecular weight is 404 g/mol. The van der Waals surface area contributed by atoms with Gasteiger partial charge >= 0.3 is 0 Å². The second kappa shape index (κ2) is 8.24. The van der Waals surface area contributed by atoms with Crippen LogP contribution in [0.3, 0.4) is 0 Å². The Morgan fingerprint density at radius 3 is 2.93 bits per heavy atom. The largest absolute Gasteiger partial charge is 0.350 e. The predicted molar refractivity (Wildman–Crippen MR) is 102 cm³/mol. The molecule has 0 radical (unpaired) electrons. The Balaban J connectivity index is 1.44. The van der Waals surface area contributed by atoms with Crippen LogP contribution in [-0.4, -0.2) is 62.1 Å². The number of benzene rings is 1. The lowest BCUT2D eigenvalue weighted by Crippen LogP contribution is -2.51. The second-order valence-corrected chi connectivity index (χ2v) is 7.52. The zero-order valence-corrected chi connectivity index (χ0v) is 16.1. The minimum absolute atomic E-state index is 0.0345. The van der Waals surface area contributed by atoms with Crippen molar-refractivity contribution in [3.63, 3.8) is 0 Å². The summed E-state index contributed by atoms with van der Waals surface area (Å²) in [7, 11) is 0. The molecule has 2 aliphatic heterocycles. The van der Waals surface area contributed by atoms with Gasteiger partial charge in [-0.25, -0.2) is 4.68 Å². The first kappa shape index (κ1) is 18.8. The highest BCUT2D eigenvalue weighted by Gasteiger charge is 2.37. The molecule has 2 saturated heterocycles. The zero-order chi connectivity index (χ0) is 19.5. The molecule has 2 amide bonds. The molecule has 0 aliphatic carbocycles. The molecule has 0 saturated carbocycles. The van der Waals surface area contributed by atoms with Gasteiger partial charge in [0.25, 0.3) is 0 Å². The van der Waals surface area contributed by atoms with Gasteiger partial charge in [-0.1, -0.05) is 11.6 Å². The Hall–Kier alpha value is -2.52. The summed E-state index contributed by atoms with van der Waals surface area (Å²) in [5.41, 5.74) is 1.53. The third-order valence-corrected chi connectivity index (χ3v) is 5.52. The summed E-state index contributed by atoms with van der Waals surface area (Å²) < 4.78 is 1.52. The van der Waals surface area contributed by atoms with Crippen LogP contribution < -0.4 is 10.6 Å². The highest BCUT2D eigenvalue weighted by molar-refractivity contribution is 6.30. The highest BCUT2D eigenvalue weighted by Crippen LogP contribution is 2.22. The molecule has 28 heavy (non-hydrogen) atoms. The van der Waals surface area contributed by atoms with Gasteiger partial charge in [-0.3, -0.25) is 9.59 Å². The van der Waals surface area contributed by atoms with Crippen LogP contribution in [0.5, 0.6) is 0 Å². The monoisotopic (exact) mass is 403 g/mol. The number of rotatable bonds is 5. The van der Waals surface area contributed by atoms with Crippen molar-refractivity contribution >= 4 is 23.4 Å². The standard InChI is InChI=1S/C18H22ClN7O2/c19-13-5-6-15(26-11-22-23-24-26)12(9-13)10-21-17(27)16-4-2-8-25(16)18(28)14-3-1-7-20-14/h5-6,9,11,14,16,20H,1-4,7-8,10H2,(H,21,27)/t14-,16-/m1/s1. The van der Waals surface area contributed by atoms with Gasteiger partial charge in [-0.05, 0) is 66.4 Å². The maximum absolute atomic E-state index is 12.8. The molecule has 4 rings (SSSR count). The number of nitrogens with zero attached hydrogens (tertiary/aromatic N) is 5. The van der Waals surface area contributed by atoms with Gasteiger partial charge in [-0.15, -0.1) is 5.10 Å². The van der Waals surface area contributed by atoms with Crippen molar-refractivity contribution in [3.8, 4) is 5.69 Å². The van der Waals surface area contributed by atoms with E-state index in [9.17, 15) is 9.59 Å². The molecular formula is C18H22ClN7O2. The Morgan fingerprint density at radius 2 is 2.18 bits per heavy atom. The number of carbonyl (C=O) groups is 2. The van der Waals surface area contributed by atoms with E-state index >= 15 is 0 Å². The van der Waals surface area contributed by atoms with Gasteiger partial charge in [-0.2, -0.15) is 0 Å². The van der Waals surface area contributed by atoms with E-state index in [2.05, 4.69) is 26.2 Å². The van der Waals surface area contributed by atoms with E-state index < -0.39 is 6.04 Å². The van der Waals surface area contributed by atoms with E-state index in [1.54, 1.807) is 23.1 Å². The number of nitrogens with one attached hydrogen (secondary N) is 2. The van der Waals surface area contributed by atoms with Crippen LogP contribution >= 0.6 is 11.6 Å². The number of carbonyl (C=O) groups excluding carboxylic acids is 2. The molecule has 10 heteroatoms. The third kappa shape index (κ3) is 3.85. The Morgan fingerprint density at radius 1 is 1.29 bits per heavy atom. The molecule has 2 aliphatic rings. The van der Waals surface area contributed by atoms with Crippen LogP contribution in [0.15, 0.2) is 24.5 Å². The highest BCUT2D eigenvalue weighted by atomic mass is 35.5. The first-order valence-electron chi connectivity index (χ1n) is 9.47. The molecule has 2 fully saturated rings. The van der Waals surface area contributed by atoms with Crippen LogP contribution in [0.4, 0.5) is 0 Å². The van der Waals surface area contributed by atoms with Gasteiger partial charge in [0.15, 0.2) is 0 Å². The number of amides is 2. The normalized spacial score (nSPS) is 21.8. The average Bonchev–Trinajstić information content (AvgIpc) is 3.47. The van der Waals surface area contributed by atoms with E-state index in [1.165, 1.54) is 11.0 Å². The summed E-state index contributed by atoms with van der Waals surface area (Å²) >= 11 is 6.12. The molecule has 2 N–H and O–H groups in total. The van der Waals surface area contributed by atoms with Crippen molar-refractivity contribution in [2.75, 3.05) is 13.1 Å². The maximum Gasteiger partial charge on any atom is 0.243 e. The number of tetrazole rings is 1. The van der Waals surface area contributed by atoms with Crippen LogP contribution in [0, 0.1) is 0 Å². The maximum atomic E-state index is 12.8. The number of halogens is 1. The summed E-state index contributed by atoms with van der Waals surface area (Å²) in [6.45, 7) is 1.76. The minimum Gasteiger partial charge on any atom is -0.350 e. The molecule has 0 spiro atoms. The van der Waals surface area contributed by atoms with Gasteiger partial charge in [0.1, 0.15) is 12.4 Å². The second-order valence-electron chi connectivity index (χ2n) is 7.08. The SMILES string of the molecule is O=C(NCc1cc(Cl)ccc1-n1cnnn1)[C@H]1CCCN1C(=O)[C@H]1CCCN1. The van der Waals surface area contributed by atoms with E-state index in [1.807, 2.05) is 0 Å². The van der Waals surface area contributed by atoms with Crippen molar-refractivity contribution < 1.29 is 9.59 Å². The van der Waals surface area contributed by atoms with Crippen molar-refractivity contribution in [2.45, 2.75) is 44.3 Å². The van der Waals surface area contributed by atoms with Crippen LogP contribution in [-0.2, 0) is 16.1 Å². The summed E-state index contributed by atoms with van der Waals surface area (Å²) in [5.74, 6) is -0.112. The molecule has 2 aromatic rings. The van der Waals surface area contributed by atoms with Crippen molar-refractivity contribution in [1.82, 2.24) is 35.7 Å². The molecule has 3 heterocycles. The van der Waals surface area contributed by atoms with Gasteiger partial charge < -0.3 is 15.5 Å². The van der Waals surface area contributed by atoms with Gasteiger partial charge in [0, 0.05) is 18.1 Å². The molecule has 1 aromatic carbocycles. The molecular weight excluding hydrogens is 382 g/mol. The van der Waals surface area contributed by atoms with E-state index in [-0.39, 0.29) is 24.4 Å². The molecule has 0 unspecified atom stereocenters. The van der Waals surface area contributed by atoms with Gasteiger partial charge in [0.2, 0.25) is 11.8 Å². The lowest BCUT2D eigenvalue weighted by atomic mass is 10.1. The Labute approximate surface area is 167 Å². The van der Waals surface area contributed by atoms with Crippen LogP contribution in [0.1, 0.15) is 31.2 Å². The lowest BCUT2D eigenvalue weighted by molar-refractivity contribution is -0.139. The summed E-state index contributed by atoms with van der Waals surface area (Å²) in [6, 6.07) is 4.74. The van der Waals surface area contributed by atoms with Crippen molar-refractivity contribution in [2.24, 2.45) is 0 Å². The molecule has 148 valence electrons. The first-order valence-corrected chi connectivity index (χ1v) is 9.84. The smallest absolute Gasteiger partial charge is 0.243 e. The molecule has 9 nitrogen and oxygen atoms in total. The quantitative estimate of drug-likeness (QED) is 0.760. The van der Waals surface area contributed by atoms with E-state index in [0.717, 1.165) is 37.1 Å². The van der Waals surface area contributed by atoms with E-state index in [0.29, 0.717) is 18.0 Å². The van der Waals surface area contributed by atoms with Crippen molar-refractivity contribution in [3.05, 3.63) is 35.1 Å². The number of hydrogen-bond donors (Lipinski definition) is 2. The molecule has 0 bridgehead atoms. The first-order chi connectivity index (χ1) is 13.6. The topological polar surface area (TPSA) is 105 Å². The van der Waals surface area contributed by atoms with Crippen LogP contribution in [0.2, 0.25) is 5.02 Å². The Kier molecular flexibility index (Phi) is 5.54. The van der Waals surface area contributed by atoms with Crippen LogP contribution in [0.25, 0.3) is 5.69 Å². The molecule has 1 aromatic heterocycles. The van der Waals surface area contributed by atoms with E-state index in [4.69, 9.17) is 11.6 Å². The zero-order valence-electron chi connectivity index (χ0n) is 15.3. The Bertz CT molecular complexity index is 852.